The predicted octanol–water partition coefficient (Wildman–Crippen LogP) is 3.34. The Kier molecular flexibility index (Phi) is 7.12. The zero-order chi connectivity index (χ0) is 19.8. The number of carbonyl (C=O) groups is 1. The Balaban J connectivity index is 1.56. The largest absolute Gasteiger partial charge is 0.469 e. The summed E-state index contributed by atoms with van der Waals surface area (Å²) < 4.78 is 5.38. The van der Waals surface area contributed by atoms with Crippen molar-refractivity contribution < 1.29 is 9.21 Å². The highest BCUT2D eigenvalue weighted by atomic mass is 16.3. The minimum absolute atomic E-state index is 0.215. The Morgan fingerprint density at radius 1 is 1.21 bits per heavy atom. The first kappa shape index (κ1) is 20.0. The van der Waals surface area contributed by atoms with E-state index < -0.39 is 0 Å². The molecule has 1 aliphatic rings. The first-order chi connectivity index (χ1) is 13.6. The first-order valence-electron chi connectivity index (χ1n) is 10.1. The molecule has 0 aliphatic carbocycles. The van der Waals surface area contributed by atoms with Gasteiger partial charge in [-0.15, -0.1) is 0 Å². The number of nitrogens with one attached hydrogen (secondary N) is 2. The molecule has 1 amide bonds. The highest BCUT2D eigenvalue weighted by molar-refractivity contribution is 5.95. The van der Waals surface area contributed by atoms with Crippen LogP contribution in [0.5, 0.6) is 0 Å². The van der Waals surface area contributed by atoms with Crippen molar-refractivity contribution in [2.45, 2.75) is 39.7 Å². The summed E-state index contributed by atoms with van der Waals surface area (Å²) in [7, 11) is 0. The van der Waals surface area contributed by atoms with Gasteiger partial charge in [-0.05, 0) is 42.2 Å². The molecule has 1 fully saturated rings. The van der Waals surface area contributed by atoms with Crippen molar-refractivity contribution in [1.82, 2.24) is 10.6 Å². The minimum Gasteiger partial charge on any atom is -0.469 e. The molecule has 0 bridgehead atoms. The molecular weight excluding hydrogens is 352 g/mol. The summed E-state index contributed by atoms with van der Waals surface area (Å²) in [6.45, 7) is 7.37. The van der Waals surface area contributed by atoms with Gasteiger partial charge < -0.3 is 20.0 Å². The number of aliphatic imine (C=N–C) groups is 1. The molecule has 1 aromatic carbocycles. The minimum atomic E-state index is 0.215. The number of rotatable bonds is 8. The van der Waals surface area contributed by atoms with Crippen molar-refractivity contribution in [3.8, 4) is 0 Å². The van der Waals surface area contributed by atoms with Crippen LogP contribution in [0.15, 0.2) is 52.1 Å². The van der Waals surface area contributed by atoms with Gasteiger partial charge in [0.25, 0.3) is 0 Å². The third-order valence-electron chi connectivity index (χ3n) is 4.66. The molecule has 2 N–H and O–H groups in total. The molecule has 2 heterocycles. The molecule has 0 radical (unpaired) electrons. The van der Waals surface area contributed by atoms with E-state index in [1.165, 1.54) is 0 Å². The Morgan fingerprint density at radius 3 is 2.68 bits per heavy atom. The first-order valence-corrected chi connectivity index (χ1v) is 10.1. The molecule has 0 saturated carbocycles. The SMILES string of the molecule is CC(C)CNC(=NCc1ccc(N2CCCC2=O)cc1)NCCc1ccco1. The number of hydrogen-bond donors (Lipinski definition) is 2. The molecule has 0 spiro atoms. The third kappa shape index (κ3) is 5.87. The van der Waals surface area contributed by atoms with Crippen molar-refractivity contribution in [3.63, 3.8) is 0 Å². The second-order valence-corrected chi connectivity index (χ2v) is 7.51. The second kappa shape index (κ2) is 9.97. The van der Waals surface area contributed by atoms with Gasteiger partial charge in [-0.25, -0.2) is 4.99 Å². The monoisotopic (exact) mass is 382 g/mol. The fourth-order valence-electron chi connectivity index (χ4n) is 3.11. The number of anilines is 1. The highest BCUT2D eigenvalue weighted by Gasteiger charge is 2.21. The van der Waals surface area contributed by atoms with Gasteiger partial charge in [-0.2, -0.15) is 0 Å². The number of amides is 1. The van der Waals surface area contributed by atoms with Gasteiger partial charge in [0.05, 0.1) is 12.8 Å². The fourth-order valence-corrected chi connectivity index (χ4v) is 3.11. The molecule has 150 valence electrons. The molecule has 3 rings (SSSR count). The summed E-state index contributed by atoms with van der Waals surface area (Å²) in [6.07, 6.45) is 4.11. The van der Waals surface area contributed by atoms with Crippen molar-refractivity contribution in [3.05, 3.63) is 54.0 Å². The zero-order valence-corrected chi connectivity index (χ0v) is 16.8. The molecule has 28 heavy (non-hydrogen) atoms. The maximum Gasteiger partial charge on any atom is 0.227 e. The number of guanidine groups is 1. The zero-order valence-electron chi connectivity index (χ0n) is 16.8. The van der Waals surface area contributed by atoms with Crippen molar-refractivity contribution in [2.75, 3.05) is 24.5 Å². The van der Waals surface area contributed by atoms with Gasteiger partial charge >= 0.3 is 0 Å². The van der Waals surface area contributed by atoms with Crippen LogP contribution in [0.3, 0.4) is 0 Å². The molecule has 2 aromatic rings. The van der Waals surface area contributed by atoms with Crippen LogP contribution in [-0.4, -0.2) is 31.5 Å². The third-order valence-corrected chi connectivity index (χ3v) is 4.66. The second-order valence-electron chi connectivity index (χ2n) is 7.51. The molecule has 1 aromatic heterocycles. The van der Waals surface area contributed by atoms with E-state index >= 15 is 0 Å². The van der Waals surface area contributed by atoms with Gasteiger partial charge in [0.1, 0.15) is 5.76 Å². The van der Waals surface area contributed by atoms with Gasteiger partial charge in [-0.1, -0.05) is 26.0 Å². The molecule has 0 atom stereocenters. The lowest BCUT2D eigenvalue weighted by Crippen LogP contribution is -2.40. The number of nitrogens with zero attached hydrogens (tertiary/aromatic N) is 2. The van der Waals surface area contributed by atoms with E-state index in [0.717, 1.165) is 55.4 Å². The van der Waals surface area contributed by atoms with E-state index in [9.17, 15) is 4.79 Å². The van der Waals surface area contributed by atoms with E-state index in [2.05, 4.69) is 24.5 Å². The maximum absolute atomic E-state index is 11.9. The molecule has 1 saturated heterocycles. The summed E-state index contributed by atoms with van der Waals surface area (Å²) in [5.74, 6) is 2.52. The summed E-state index contributed by atoms with van der Waals surface area (Å²) >= 11 is 0. The van der Waals surface area contributed by atoms with Gasteiger partial charge in [-0.3, -0.25) is 4.79 Å². The topological polar surface area (TPSA) is 69.9 Å². The number of benzene rings is 1. The number of carbonyl (C=O) groups excluding carboxylic acids is 1. The molecule has 1 aliphatic heterocycles. The average molecular weight is 383 g/mol. The van der Waals surface area contributed by atoms with Crippen molar-refractivity contribution in [2.24, 2.45) is 10.9 Å². The fraction of sp³-hybridized carbons (Fsp3) is 0.455. The lowest BCUT2D eigenvalue weighted by atomic mass is 10.2. The van der Waals surface area contributed by atoms with E-state index in [1.807, 2.05) is 41.3 Å². The van der Waals surface area contributed by atoms with Crippen LogP contribution < -0.4 is 15.5 Å². The lowest BCUT2D eigenvalue weighted by Gasteiger charge is -2.16. The van der Waals surface area contributed by atoms with Crippen molar-refractivity contribution in [1.29, 1.82) is 0 Å². The normalized spacial score (nSPS) is 14.8. The summed E-state index contributed by atoms with van der Waals surface area (Å²) in [5.41, 5.74) is 2.09. The summed E-state index contributed by atoms with van der Waals surface area (Å²) in [6, 6.07) is 12.0. The van der Waals surface area contributed by atoms with Crippen LogP contribution in [0.25, 0.3) is 0 Å². The number of furan rings is 1. The van der Waals surface area contributed by atoms with Crippen LogP contribution in [0, 0.1) is 5.92 Å². The summed E-state index contributed by atoms with van der Waals surface area (Å²) in [4.78, 5) is 18.4. The maximum atomic E-state index is 11.9. The van der Waals surface area contributed by atoms with E-state index in [1.54, 1.807) is 6.26 Å². The lowest BCUT2D eigenvalue weighted by molar-refractivity contribution is -0.117. The van der Waals surface area contributed by atoms with Crippen molar-refractivity contribution >= 4 is 17.6 Å². The molecule has 0 unspecified atom stereocenters. The molecule has 6 heteroatoms. The Hall–Kier alpha value is -2.76. The van der Waals surface area contributed by atoms with Gasteiger partial charge in [0.15, 0.2) is 5.96 Å². The van der Waals surface area contributed by atoms with Crippen LogP contribution in [0.4, 0.5) is 5.69 Å². The van der Waals surface area contributed by atoms with Gasteiger partial charge in [0.2, 0.25) is 5.91 Å². The average Bonchev–Trinajstić information content (AvgIpc) is 3.35. The Labute approximate surface area is 167 Å². The Morgan fingerprint density at radius 2 is 2.04 bits per heavy atom. The van der Waals surface area contributed by atoms with Crippen LogP contribution in [-0.2, 0) is 17.8 Å². The van der Waals surface area contributed by atoms with E-state index in [4.69, 9.17) is 9.41 Å². The van der Waals surface area contributed by atoms with E-state index in [0.29, 0.717) is 18.9 Å². The summed E-state index contributed by atoms with van der Waals surface area (Å²) in [5, 5.41) is 6.76. The predicted molar refractivity (Wildman–Crippen MR) is 112 cm³/mol. The highest BCUT2D eigenvalue weighted by Crippen LogP contribution is 2.21. The molecular formula is C22H30N4O2. The standard InChI is InChI=1S/C22H30N4O2/c1-17(2)15-24-22(23-12-11-20-5-4-14-28-20)25-16-18-7-9-19(10-8-18)26-13-3-6-21(26)27/h4-5,7-10,14,17H,3,6,11-13,15-16H2,1-2H3,(H2,23,24,25). The number of hydrogen-bond acceptors (Lipinski definition) is 3. The van der Waals surface area contributed by atoms with Crippen LogP contribution in [0.1, 0.15) is 38.0 Å². The quantitative estimate of drug-likeness (QED) is 0.543. The smallest absolute Gasteiger partial charge is 0.227 e. The Bertz CT molecular complexity index is 766. The van der Waals surface area contributed by atoms with E-state index in [-0.39, 0.29) is 5.91 Å². The van der Waals surface area contributed by atoms with Crippen LogP contribution >= 0.6 is 0 Å². The van der Waals surface area contributed by atoms with Gasteiger partial charge in [0, 0.05) is 38.2 Å². The molecule has 6 nitrogen and oxygen atoms in total. The van der Waals surface area contributed by atoms with Crippen LogP contribution in [0.2, 0.25) is 0 Å².